The highest BCUT2D eigenvalue weighted by Gasteiger charge is 2.28. The first-order valence-corrected chi connectivity index (χ1v) is 6.25. The highest BCUT2D eigenvalue weighted by atomic mass is 35.5. The molecular weight excluding hydrogens is 236 g/mol. The zero-order valence-electron chi connectivity index (χ0n) is 10.1. The van der Waals surface area contributed by atoms with E-state index in [9.17, 15) is 4.79 Å². The fraction of sp³-hybridized carbons (Fsp3) is 0.462. The van der Waals surface area contributed by atoms with Gasteiger partial charge in [0.25, 0.3) is 0 Å². The Morgan fingerprint density at radius 3 is 3.00 bits per heavy atom. The van der Waals surface area contributed by atoms with E-state index in [1.165, 1.54) is 0 Å². The van der Waals surface area contributed by atoms with Gasteiger partial charge in [0.05, 0.1) is 5.92 Å². The smallest absolute Gasteiger partial charge is 0.229 e. The predicted molar refractivity (Wildman–Crippen MR) is 69.2 cm³/mol. The molecule has 2 N–H and O–H groups in total. The van der Waals surface area contributed by atoms with Crippen LogP contribution >= 0.6 is 11.6 Å². The van der Waals surface area contributed by atoms with Crippen molar-refractivity contribution < 1.29 is 4.79 Å². The van der Waals surface area contributed by atoms with Gasteiger partial charge in [0.15, 0.2) is 0 Å². The highest BCUT2D eigenvalue weighted by molar-refractivity contribution is 6.31. The van der Waals surface area contributed by atoms with Crippen molar-refractivity contribution in [3.63, 3.8) is 0 Å². The lowest BCUT2D eigenvalue weighted by Gasteiger charge is -2.27. The third kappa shape index (κ3) is 2.61. The van der Waals surface area contributed by atoms with Crippen molar-refractivity contribution in [1.29, 1.82) is 0 Å². The molecule has 0 aliphatic carbocycles. The van der Waals surface area contributed by atoms with Crippen molar-refractivity contribution in [1.82, 2.24) is 10.6 Å². The van der Waals surface area contributed by atoms with E-state index in [0.717, 1.165) is 17.7 Å². The summed E-state index contributed by atoms with van der Waals surface area (Å²) in [5, 5.41) is 6.88. The van der Waals surface area contributed by atoms with Crippen molar-refractivity contribution >= 4 is 17.5 Å². The maximum absolute atomic E-state index is 12.1. The van der Waals surface area contributed by atoms with E-state index < -0.39 is 0 Å². The minimum Gasteiger partial charge on any atom is -0.353 e. The lowest BCUT2D eigenvalue weighted by Crippen LogP contribution is -2.41. The van der Waals surface area contributed by atoms with E-state index in [-0.39, 0.29) is 17.9 Å². The van der Waals surface area contributed by atoms with Crippen LogP contribution in [-0.4, -0.2) is 18.5 Å². The monoisotopic (exact) mass is 252 g/mol. The Morgan fingerprint density at radius 2 is 2.29 bits per heavy atom. The molecule has 3 nitrogen and oxygen atoms in total. The van der Waals surface area contributed by atoms with Gasteiger partial charge in [0, 0.05) is 24.2 Å². The summed E-state index contributed by atoms with van der Waals surface area (Å²) in [7, 11) is 0. The van der Waals surface area contributed by atoms with Gasteiger partial charge in [-0.15, -0.1) is 0 Å². The van der Waals surface area contributed by atoms with Crippen LogP contribution in [-0.2, 0) is 11.3 Å². The number of carbonyl (C=O) groups excluding carboxylic acids is 1. The Balaban J connectivity index is 2.31. The number of carbonyl (C=O) groups is 1. The second-order valence-electron chi connectivity index (χ2n) is 4.66. The van der Waals surface area contributed by atoms with Gasteiger partial charge in [-0.05, 0) is 31.0 Å². The molecule has 1 aromatic carbocycles. The maximum Gasteiger partial charge on any atom is 0.229 e. The van der Waals surface area contributed by atoms with Gasteiger partial charge in [-0.25, -0.2) is 0 Å². The molecule has 1 aliphatic heterocycles. The minimum absolute atomic E-state index is 0.0431. The molecule has 1 unspecified atom stereocenters. The zero-order valence-corrected chi connectivity index (χ0v) is 10.8. The maximum atomic E-state index is 12.1. The topological polar surface area (TPSA) is 41.1 Å². The third-order valence-corrected chi connectivity index (χ3v) is 3.23. The summed E-state index contributed by atoms with van der Waals surface area (Å²) in [6.45, 7) is 5.35. The Labute approximate surface area is 107 Å². The van der Waals surface area contributed by atoms with E-state index in [4.69, 9.17) is 11.6 Å². The lowest BCUT2D eigenvalue weighted by atomic mass is 9.90. The zero-order chi connectivity index (χ0) is 12.4. The minimum atomic E-state index is -0.185. The Morgan fingerprint density at radius 1 is 1.53 bits per heavy atom. The van der Waals surface area contributed by atoms with Gasteiger partial charge < -0.3 is 10.6 Å². The van der Waals surface area contributed by atoms with Crippen LogP contribution in [0.5, 0.6) is 0 Å². The first kappa shape index (κ1) is 12.4. The third-order valence-electron chi connectivity index (χ3n) is 2.90. The number of rotatable bonds is 2. The van der Waals surface area contributed by atoms with Crippen LogP contribution in [0.4, 0.5) is 0 Å². The summed E-state index contributed by atoms with van der Waals surface area (Å²) >= 11 is 6.21. The van der Waals surface area contributed by atoms with Gasteiger partial charge in [-0.3, -0.25) is 4.79 Å². The van der Waals surface area contributed by atoms with Crippen LogP contribution in [0.3, 0.4) is 0 Å². The second-order valence-corrected chi connectivity index (χ2v) is 5.07. The van der Waals surface area contributed by atoms with E-state index in [2.05, 4.69) is 10.6 Å². The van der Waals surface area contributed by atoms with Gasteiger partial charge >= 0.3 is 0 Å². The quantitative estimate of drug-likeness (QED) is 0.846. The van der Waals surface area contributed by atoms with Gasteiger partial charge in [0.2, 0.25) is 5.91 Å². The van der Waals surface area contributed by atoms with Crippen LogP contribution < -0.4 is 10.6 Å². The molecule has 1 heterocycles. The van der Waals surface area contributed by atoms with E-state index >= 15 is 0 Å². The number of nitrogens with one attached hydrogen (secondary N) is 2. The Kier molecular flexibility index (Phi) is 3.69. The molecule has 2 rings (SSSR count). The molecule has 4 heteroatoms. The molecule has 1 aromatic rings. The SMILES string of the molecule is CC(C)NC(=O)C1CNCc2cccc(Cl)c21. The van der Waals surface area contributed by atoms with Gasteiger partial charge in [-0.1, -0.05) is 23.7 Å². The molecule has 1 aliphatic rings. The second kappa shape index (κ2) is 5.07. The molecule has 0 spiro atoms. The average molecular weight is 253 g/mol. The first-order chi connectivity index (χ1) is 8.09. The van der Waals surface area contributed by atoms with Crippen molar-refractivity contribution in [3.05, 3.63) is 34.3 Å². The van der Waals surface area contributed by atoms with Crippen LogP contribution in [0.25, 0.3) is 0 Å². The first-order valence-electron chi connectivity index (χ1n) is 5.88. The molecule has 0 bridgehead atoms. The molecule has 0 fully saturated rings. The van der Waals surface area contributed by atoms with Crippen LogP contribution in [0.2, 0.25) is 5.02 Å². The summed E-state index contributed by atoms with van der Waals surface area (Å²) in [5.41, 5.74) is 2.10. The van der Waals surface area contributed by atoms with Crippen LogP contribution in [0.15, 0.2) is 18.2 Å². The average Bonchev–Trinajstić information content (AvgIpc) is 2.28. The highest BCUT2D eigenvalue weighted by Crippen LogP contribution is 2.30. The van der Waals surface area contributed by atoms with E-state index in [1.807, 2.05) is 32.0 Å². The number of halogens is 1. The van der Waals surface area contributed by atoms with Gasteiger partial charge in [-0.2, -0.15) is 0 Å². The molecule has 1 atom stereocenters. The van der Waals surface area contributed by atoms with Crippen LogP contribution in [0, 0.1) is 0 Å². The van der Waals surface area contributed by atoms with Crippen molar-refractivity contribution in [2.75, 3.05) is 6.54 Å². The molecule has 0 saturated heterocycles. The summed E-state index contributed by atoms with van der Waals surface area (Å²) in [6, 6.07) is 5.94. The summed E-state index contributed by atoms with van der Waals surface area (Å²) in [4.78, 5) is 12.1. The molecule has 1 amide bonds. The summed E-state index contributed by atoms with van der Waals surface area (Å²) in [5.74, 6) is -0.142. The van der Waals surface area contributed by atoms with E-state index in [1.54, 1.807) is 0 Å². The normalized spacial score (nSPS) is 18.9. The van der Waals surface area contributed by atoms with Gasteiger partial charge in [0.1, 0.15) is 0 Å². The fourth-order valence-electron chi connectivity index (χ4n) is 2.19. The molecule has 0 radical (unpaired) electrons. The number of amides is 1. The molecule has 0 saturated carbocycles. The Hall–Kier alpha value is -1.06. The molecule has 17 heavy (non-hydrogen) atoms. The number of hydrogen-bond acceptors (Lipinski definition) is 2. The van der Waals surface area contributed by atoms with Crippen LogP contribution in [0.1, 0.15) is 30.9 Å². The summed E-state index contributed by atoms with van der Waals surface area (Å²) < 4.78 is 0. The fourth-order valence-corrected chi connectivity index (χ4v) is 2.51. The summed E-state index contributed by atoms with van der Waals surface area (Å²) in [6.07, 6.45) is 0. The Bertz CT molecular complexity index is 431. The molecule has 92 valence electrons. The largest absolute Gasteiger partial charge is 0.353 e. The molecular formula is C13H17ClN2O. The molecule has 0 aromatic heterocycles. The van der Waals surface area contributed by atoms with Crippen molar-refractivity contribution in [3.8, 4) is 0 Å². The van der Waals surface area contributed by atoms with Crippen molar-refractivity contribution in [2.45, 2.75) is 32.4 Å². The standard InChI is InChI=1S/C13H17ClN2O/c1-8(2)16-13(17)10-7-15-6-9-4-3-5-11(14)12(9)10/h3-5,8,10,15H,6-7H2,1-2H3,(H,16,17). The van der Waals surface area contributed by atoms with E-state index in [0.29, 0.717) is 11.6 Å². The lowest BCUT2D eigenvalue weighted by molar-refractivity contribution is -0.123. The number of hydrogen-bond donors (Lipinski definition) is 2. The predicted octanol–water partition coefficient (Wildman–Crippen LogP) is 2.05. The number of benzene rings is 1. The van der Waals surface area contributed by atoms with Crippen molar-refractivity contribution in [2.24, 2.45) is 0 Å². The number of fused-ring (bicyclic) bond motifs is 1.